The van der Waals surface area contributed by atoms with E-state index in [1.54, 1.807) is 20.3 Å². The molecule has 162 valence electrons. The van der Waals surface area contributed by atoms with Crippen molar-refractivity contribution in [1.29, 1.82) is 0 Å². The number of ether oxygens (including phenoxy) is 2. The van der Waals surface area contributed by atoms with Crippen LogP contribution in [0.4, 0.5) is 5.69 Å². The Labute approximate surface area is 189 Å². The molecule has 0 bridgehead atoms. The molecule has 4 rings (SSSR count). The molecular formula is C23H24BrN3O4. The molecule has 1 aliphatic heterocycles. The van der Waals surface area contributed by atoms with Gasteiger partial charge in [0, 0.05) is 66.1 Å². The van der Waals surface area contributed by atoms with Crippen LogP contribution in [0.15, 0.2) is 41.0 Å². The number of carbonyl (C=O) groups excluding carboxylic acids is 1. The fraction of sp³-hybridized carbons (Fsp3) is 0.304. The number of rotatable bonds is 6. The van der Waals surface area contributed by atoms with Gasteiger partial charge in [-0.15, -0.1) is 0 Å². The van der Waals surface area contributed by atoms with E-state index < -0.39 is 0 Å². The summed E-state index contributed by atoms with van der Waals surface area (Å²) in [6.07, 6.45) is 2.50. The summed E-state index contributed by atoms with van der Waals surface area (Å²) in [5, 5.41) is 11.4. The molecule has 7 nitrogen and oxygen atoms in total. The molecule has 1 N–H and O–H groups in total. The van der Waals surface area contributed by atoms with Crippen molar-refractivity contribution in [1.82, 2.24) is 9.88 Å². The van der Waals surface area contributed by atoms with E-state index >= 15 is 0 Å². The van der Waals surface area contributed by atoms with Gasteiger partial charge in [-0.25, -0.2) is 0 Å². The van der Waals surface area contributed by atoms with Crippen molar-refractivity contribution in [2.24, 2.45) is 0 Å². The highest BCUT2D eigenvalue weighted by atomic mass is 79.9. The molecule has 0 radical (unpaired) electrons. The number of aromatic nitrogens is 1. The summed E-state index contributed by atoms with van der Waals surface area (Å²) in [5.74, 6) is 1.40. The third-order valence-electron chi connectivity index (χ3n) is 5.64. The fourth-order valence-electron chi connectivity index (χ4n) is 4.01. The second-order valence-electron chi connectivity index (χ2n) is 7.44. The Balaban J connectivity index is 1.52. The maximum Gasteiger partial charge on any atom is 0.162 e. The highest BCUT2D eigenvalue weighted by Gasteiger charge is 2.21. The first-order chi connectivity index (χ1) is 15.0. The van der Waals surface area contributed by atoms with Crippen molar-refractivity contribution in [3.05, 3.63) is 52.1 Å². The van der Waals surface area contributed by atoms with E-state index in [9.17, 15) is 9.90 Å². The second-order valence-corrected chi connectivity index (χ2v) is 8.35. The smallest absolute Gasteiger partial charge is 0.162 e. The van der Waals surface area contributed by atoms with E-state index in [2.05, 4.69) is 30.7 Å². The monoisotopic (exact) mass is 485 g/mol. The lowest BCUT2D eigenvalue weighted by atomic mass is 10.1. The normalized spacial score (nSPS) is 14.6. The number of methoxy groups -OCH3 is 2. The lowest BCUT2D eigenvalue weighted by Crippen LogP contribution is -2.46. The highest BCUT2D eigenvalue weighted by molar-refractivity contribution is 9.10. The summed E-state index contributed by atoms with van der Waals surface area (Å²) in [6.45, 7) is 3.92. The number of hydrogen-bond acceptors (Lipinski definition) is 7. The van der Waals surface area contributed by atoms with Gasteiger partial charge < -0.3 is 19.5 Å². The van der Waals surface area contributed by atoms with Gasteiger partial charge in [-0.3, -0.25) is 14.7 Å². The fourth-order valence-corrected chi connectivity index (χ4v) is 4.53. The standard InChI is InChI=1S/C23H24BrN3O4/c1-30-21-11-18-19(12-22(21)31-2)25-4-3-20(18)27-7-5-26(6-8-27)13-15-9-17(24)10-16(14-28)23(15)29/h3-4,9-12,14,29H,5-8,13H2,1-2H3. The molecule has 31 heavy (non-hydrogen) atoms. The van der Waals surface area contributed by atoms with E-state index in [4.69, 9.17) is 9.47 Å². The summed E-state index contributed by atoms with van der Waals surface area (Å²) in [7, 11) is 3.25. The molecule has 8 heteroatoms. The van der Waals surface area contributed by atoms with E-state index in [1.165, 1.54) is 0 Å². The molecule has 0 saturated carbocycles. The van der Waals surface area contributed by atoms with Crippen LogP contribution in [0.5, 0.6) is 17.2 Å². The number of pyridine rings is 1. The van der Waals surface area contributed by atoms with E-state index in [0.717, 1.165) is 52.8 Å². The number of halogens is 1. The first-order valence-electron chi connectivity index (χ1n) is 9.98. The van der Waals surface area contributed by atoms with Crippen LogP contribution >= 0.6 is 15.9 Å². The van der Waals surface area contributed by atoms with E-state index in [0.29, 0.717) is 29.9 Å². The first kappa shape index (κ1) is 21.4. The lowest BCUT2D eigenvalue weighted by Gasteiger charge is -2.36. The van der Waals surface area contributed by atoms with Gasteiger partial charge in [0.25, 0.3) is 0 Å². The number of fused-ring (bicyclic) bond motifs is 1. The first-order valence-corrected chi connectivity index (χ1v) is 10.8. The van der Waals surface area contributed by atoms with Crippen molar-refractivity contribution in [2.75, 3.05) is 45.3 Å². The molecular weight excluding hydrogens is 462 g/mol. The Kier molecular flexibility index (Phi) is 6.29. The number of piperazine rings is 1. The quantitative estimate of drug-likeness (QED) is 0.531. The maximum absolute atomic E-state index is 11.2. The number of anilines is 1. The zero-order chi connectivity index (χ0) is 22.0. The van der Waals surface area contributed by atoms with Gasteiger partial charge >= 0.3 is 0 Å². The average Bonchev–Trinajstić information content (AvgIpc) is 2.80. The predicted molar refractivity (Wildman–Crippen MR) is 124 cm³/mol. The summed E-state index contributed by atoms with van der Waals surface area (Å²) in [4.78, 5) is 20.3. The zero-order valence-corrected chi connectivity index (χ0v) is 19.1. The van der Waals surface area contributed by atoms with Crippen LogP contribution in [-0.4, -0.2) is 61.7 Å². The molecule has 2 aromatic carbocycles. The topological polar surface area (TPSA) is 75.1 Å². The zero-order valence-electron chi connectivity index (χ0n) is 17.5. The van der Waals surface area contributed by atoms with Crippen molar-refractivity contribution in [2.45, 2.75) is 6.54 Å². The molecule has 1 saturated heterocycles. The Morgan fingerprint density at radius 1 is 1.10 bits per heavy atom. The number of carbonyl (C=O) groups is 1. The molecule has 0 aliphatic carbocycles. The number of phenols is 1. The Morgan fingerprint density at radius 3 is 2.48 bits per heavy atom. The molecule has 0 unspecified atom stereocenters. The molecule has 1 fully saturated rings. The lowest BCUT2D eigenvalue weighted by molar-refractivity contribution is 0.112. The van der Waals surface area contributed by atoms with Gasteiger partial charge in [-0.05, 0) is 24.3 Å². The van der Waals surface area contributed by atoms with Gasteiger partial charge in [0.2, 0.25) is 0 Å². The number of phenolic OH excluding ortho intramolecular Hbond substituents is 1. The summed E-state index contributed by atoms with van der Waals surface area (Å²) in [5.41, 5.74) is 3.02. The van der Waals surface area contributed by atoms with Gasteiger partial charge in [0.1, 0.15) is 5.75 Å². The minimum Gasteiger partial charge on any atom is -0.507 e. The van der Waals surface area contributed by atoms with E-state index in [-0.39, 0.29) is 5.75 Å². The SMILES string of the molecule is COc1cc2nccc(N3CCN(Cc4cc(Br)cc(C=O)c4O)CC3)c2cc1OC. The van der Waals surface area contributed by atoms with Crippen LogP contribution in [0.25, 0.3) is 10.9 Å². The Morgan fingerprint density at radius 2 is 1.81 bits per heavy atom. The molecule has 0 amide bonds. The second kappa shape index (κ2) is 9.11. The van der Waals surface area contributed by atoms with Crippen LogP contribution in [0.2, 0.25) is 0 Å². The number of benzene rings is 2. The largest absolute Gasteiger partial charge is 0.507 e. The highest BCUT2D eigenvalue weighted by Crippen LogP contribution is 2.36. The molecule has 1 aliphatic rings. The summed E-state index contributed by atoms with van der Waals surface area (Å²) >= 11 is 3.42. The van der Waals surface area contributed by atoms with Crippen LogP contribution in [-0.2, 0) is 6.54 Å². The summed E-state index contributed by atoms with van der Waals surface area (Å²) in [6, 6.07) is 9.39. The van der Waals surface area contributed by atoms with Crippen LogP contribution in [0.1, 0.15) is 15.9 Å². The van der Waals surface area contributed by atoms with E-state index in [1.807, 2.05) is 30.5 Å². The Hall–Kier alpha value is -2.84. The maximum atomic E-state index is 11.2. The Bertz CT molecular complexity index is 1110. The molecule has 0 spiro atoms. The number of aromatic hydroxyl groups is 1. The molecule has 0 atom stereocenters. The predicted octanol–water partition coefficient (Wildman–Crippen LogP) is 3.85. The van der Waals surface area contributed by atoms with Crippen molar-refractivity contribution in [3.63, 3.8) is 0 Å². The van der Waals surface area contributed by atoms with Crippen molar-refractivity contribution in [3.8, 4) is 17.2 Å². The molecule has 1 aromatic heterocycles. The third-order valence-corrected chi connectivity index (χ3v) is 6.10. The minimum atomic E-state index is 0.0572. The number of nitrogens with zero attached hydrogens (tertiary/aromatic N) is 3. The van der Waals surface area contributed by atoms with Crippen molar-refractivity contribution < 1.29 is 19.4 Å². The van der Waals surface area contributed by atoms with Crippen LogP contribution in [0.3, 0.4) is 0 Å². The van der Waals surface area contributed by atoms with Gasteiger partial charge in [0.15, 0.2) is 17.8 Å². The average molecular weight is 486 g/mol. The number of aldehydes is 1. The van der Waals surface area contributed by atoms with Gasteiger partial charge in [-0.2, -0.15) is 0 Å². The van der Waals surface area contributed by atoms with Gasteiger partial charge in [0.05, 0.1) is 25.3 Å². The molecule has 2 heterocycles. The molecule has 3 aromatic rings. The minimum absolute atomic E-state index is 0.0572. The third kappa shape index (κ3) is 4.31. The summed E-state index contributed by atoms with van der Waals surface area (Å²) < 4.78 is 11.7. The number of hydrogen-bond donors (Lipinski definition) is 1. The van der Waals surface area contributed by atoms with Crippen LogP contribution < -0.4 is 14.4 Å². The van der Waals surface area contributed by atoms with Crippen LogP contribution in [0, 0.1) is 0 Å². The van der Waals surface area contributed by atoms with Crippen molar-refractivity contribution >= 4 is 38.8 Å². The van der Waals surface area contributed by atoms with Gasteiger partial charge in [-0.1, -0.05) is 15.9 Å².